The van der Waals surface area contributed by atoms with Crippen molar-refractivity contribution in [2.75, 3.05) is 0 Å². The fraction of sp³-hybridized carbons (Fsp3) is 0.143. The summed E-state index contributed by atoms with van der Waals surface area (Å²) in [6.07, 6.45) is 0. The lowest BCUT2D eigenvalue weighted by Crippen LogP contribution is -1.91. The summed E-state index contributed by atoms with van der Waals surface area (Å²) in [6, 6.07) is 7.00. The third-order valence-corrected chi connectivity index (χ3v) is 3.19. The standard InChI is InChI=1S/C14H11NO4/c1-7-8(2)18-12-4-3-9(5-10(7)12)11-6-13(14(16)17)19-15-11/h3-6H,1-2H3,(H,16,17). The van der Waals surface area contributed by atoms with E-state index in [9.17, 15) is 4.79 Å². The summed E-state index contributed by atoms with van der Waals surface area (Å²) >= 11 is 0. The van der Waals surface area contributed by atoms with E-state index in [0.29, 0.717) is 5.69 Å². The highest BCUT2D eigenvalue weighted by atomic mass is 16.5. The lowest BCUT2D eigenvalue weighted by molar-refractivity contribution is 0.0652. The van der Waals surface area contributed by atoms with Gasteiger partial charge in [0.2, 0.25) is 5.76 Å². The smallest absolute Gasteiger partial charge is 0.374 e. The van der Waals surface area contributed by atoms with E-state index in [0.717, 1.165) is 27.9 Å². The quantitative estimate of drug-likeness (QED) is 0.761. The maximum absolute atomic E-state index is 10.8. The van der Waals surface area contributed by atoms with Crippen molar-refractivity contribution in [2.45, 2.75) is 13.8 Å². The van der Waals surface area contributed by atoms with E-state index in [2.05, 4.69) is 5.16 Å². The van der Waals surface area contributed by atoms with Crippen LogP contribution in [0.1, 0.15) is 21.9 Å². The molecule has 96 valence electrons. The van der Waals surface area contributed by atoms with Crippen LogP contribution in [0.3, 0.4) is 0 Å². The van der Waals surface area contributed by atoms with Gasteiger partial charge in [-0.15, -0.1) is 0 Å². The molecule has 3 aromatic rings. The van der Waals surface area contributed by atoms with Crippen molar-refractivity contribution in [1.82, 2.24) is 5.16 Å². The zero-order valence-corrected chi connectivity index (χ0v) is 10.4. The first-order chi connectivity index (χ1) is 9.06. The maximum atomic E-state index is 10.8. The first kappa shape index (κ1) is 11.5. The van der Waals surface area contributed by atoms with Crippen LogP contribution in [-0.4, -0.2) is 16.2 Å². The van der Waals surface area contributed by atoms with Gasteiger partial charge < -0.3 is 14.0 Å². The molecule has 1 aromatic carbocycles. The average Bonchev–Trinajstić information content (AvgIpc) is 2.96. The molecule has 5 nitrogen and oxygen atoms in total. The predicted molar refractivity (Wildman–Crippen MR) is 68.1 cm³/mol. The number of aromatic carboxylic acids is 1. The van der Waals surface area contributed by atoms with Gasteiger partial charge in [-0.05, 0) is 37.6 Å². The van der Waals surface area contributed by atoms with Gasteiger partial charge in [-0.2, -0.15) is 0 Å². The molecule has 0 saturated heterocycles. The number of carboxylic acid groups (broad SMARTS) is 1. The van der Waals surface area contributed by atoms with Crippen LogP contribution in [0, 0.1) is 13.8 Å². The second-order valence-corrected chi connectivity index (χ2v) is 4.38. The van der Waals surface area contributed by atoms with E-state index in [1.54, 1.807) is 0 Å². The Labute approximate surface area is 108 Å². The van der Waals surface area contributed by atoms with Crippen molar-refractivity contribution in [3.05, 3.63) is 41.3 Å². The number of rotatable bonds is 2. The van der Waals surface area contributed by atoms with Crippen molar-refractivity contribution < 1.29 is 18.8 Å². The van der Waals surface area contributed by atoms with Gasteiger partial charge in [0.25, 0.3) is 0 Å². The Morgan fingerprint density at radius 2 is 2.05 bits per heavy atom. The van der Waals surface area contributed by atoms with E-state index >= 15 is 0 Å². The largest absolute Gasteiger partial charge is 0.475 e. The monoisotopic (exact) mass is 257 g/mol. The molecule has 19 heavy (non-hydrogen) atoms. The van der Waals surface area contributed by atoms with Crippen molar-refractivity contribution in [2.24, 2.45) is 0 Å². The fourth-order valence-electron chi connectivity index (χ4n) is 2.01. The van der Waals surface area contributed by atoms with Gasteiger partial charge >= 0.3 is 5.97 Å². The zero-order valence-electron chi connectivity index (χ0n) is 10.4. The molecule has 0 amide bonds. The molecule has 3 rings (SSSR count). The molecule has 0 bridgehead atoms. The molecular weight excluding hydrogens is 246 g/mol. The van der Waals surface area contributed by atoms with Crippen LogP contribution in [0.4, 0.5) is 0 Å². The van der Waals surface area contributed by atoms with E-state index in [4.69, 9.17) is 14.0 Å². The molecule has 1 N–H and O–H groups in total. The van der Waals surface area contributed by atoms with Crippen molar-refractivity contribution in [1.29, 1.82) is 0 Å². The Hall–Kier alpha value is -2.56. The minimum atomic E-state index is -1.13. The Kier molecular flexibility index (Phi) is 2.41. The molecule has 0 aliphatic carbocycles. The van der Waals surface area contributed by atoms with Crippen LogP contribution in [0.5, 0.6) is 0 Å². The summed E-state index contributed by atoms with van der Waals surface area (Å²) in [5.74, 6) is -0.427. The number of aryl methyl sites for hydroxylation is 2. The third-order valence-electron chi connectivity index (χ3n) is 3.19. The number of aromatic nitrogens is 1. The summed E-state index contributed by atoms with van der Waals surface area (Å²) in [4.78, 5) is 10.8. The van der Waals surface area contributed by atoms with Crippen LogP contribution in [-0.2, 0) is 0 Å². The van der Waals surface area contributed by atoms with E-state index in [1.807, 2.05) is 32.0 Å². The van der Waals surface area contributed by atoms with Crippen molar-refractivity contribution >= 4 is 16.9 Å². The summed E-state index contributed by atoms with van der Waals surface area (Å²) in [5.41, 5.74) is 3.17. The summed E-state index contributed by atoms with van der Waals surface area (Å²) in [6.45, 7) is 3.89. The number of carbonyl (C=O) groups is 1. The number of nitrogens with zero attached hydrogens (tertiary/aromatic N) is 1. The number of benzene rings is 1. The third kappa shape index (κ3) is 1.79. The number of hydrogen-bond donors (Lipinski definition) is 1. The van der Waals surface area contributed by atoms with Crippen LogP contribution < -0.4 is 0 Å². The molecular formula is C14H11NO4. The van der Waals surface area contributed by atoms with Gasteiger partial charge in [-0.25, -0.2) is 4.79 Å². The number of furan rings is 1. The van der Waals surface area contributed by atoms with Crippen LogP contribution >= 0.6 is 0 Å². The molecule has 2 heterocycles. The Morgan fingerprint density at radius 1 is 1.26 bits per heavy atom. The Morgan fingerprint density at radius 3 is 2.74 bits per heavy atom. The molecule has 0 fully saturated rings. The summed E-state index contributed by atoms with van der Waals surface area (Å²) in [7, 11) is 0. The van der Waals surface area contributed by atoms with Crippen molar-refractivity contribution in [3.8, 4) is 11.3 Å². The van der Waals surface area contributed by atoms with Gasteiger partial charge in [-0.3, -0.25) is 0 Å². The van der Waals surface area contributed by atoms with Crippen LogP contribution in [0.15, 0.2) is 33.2 Å². The lowest BCUT2D eigenvalue weighted by Gasteiger charge is -1.95. The van der Waals surface area contributed by atoms with Gasteiger partial charge in [0.15, 0.2) is 0 Å². The highest BCUT2D eigenvalue weighted by molar-refractivity contribution is 5.88. The number of fused-ring (bicyclic) bond motifs is 1. The Balaban J connectivity index is 2.14. The molecule has 5 heteroatoms. The van der Waals surface area contributed by atoms with E-state index in [1.165, 1.54) is 6.07 Å². The minimum Gasteiger partial charge on any atom is -0.475 e. The van der Waals surface area contributed by atoms with Gasteiger partial charge in [0, 0.05) is 17.0 Å². The van der Waals surface area contributed by atoms with Crippen LogP contribution in [0.2, 0.25) is 0 Å². The molecule has 0 saturated carbocycles. The summed E-state index contributed by atoms with van der Waals surface area (Å²) < 4.78 is 10.4. The van der Waals surface area contributed by atoms with Crippen molar-refractivity contribution in [3.63, 3.8) is 0 Å². The molecule has 0 radical (unpaired) electrons. The first-order valence-electron chi connectivity index (χ1n) is 5.76. The number of hydrogen-bond acceptors (Lipinski definition) is 4. The molecule has 0 spiro atoms. The fourth-order valence-corrected chi connectivity index (χ4v) is 2.01. The minimum absolute atomic E-state index is 0.171. The van der Waals surface area contributed by atoms with Crippen LogP contribution in [0.25, 0.3) is 22.2 Å². The molecule has 0 atom stereocenters. The van der Waals surface area contributed by atoms with Gasteiger partial charge in [0.1, 0.15) is 17.0 Å². The lowest BCUT2D eigenvalue weighted by atomic mass is 10.1. The topological polar surface area (TPSA) is 76.5 Å². The van der Waals surface area contributed by atoms with Gasteiger partial charge in [0.05, 0.1) is 0 Å². The SMILES string of the molecule is Cc1oc2ccc(-c3cc(C(=O)O)on3)cc2c1C. The normalized spacial score (nSPS) is 11.1. The van der Waals surface area contributed by atoms with E-state index < -0.39 is 5.97 Å². The predicted octanol–water partition coefficient (Wildman–Crippen LogP) is 3.40. The average molecular weight is 257 g/mol. The highest BCUT2D eigenvalue weighted by Gasteiger charge is 2.14. The molecule has 0 unspecified atom stereocenters. The first-order valence-corrected chi connectivity index (χ1v) is 5.76. The molecule has 2 aromatic heterocycles. The second kappa shape index (κ2) is 3.98. The highest BCUT2D eigenvalue weighted by Crippen LogP contribution is 2.29. The Bertz CT molecular complexity index is 782. The molecule has 0 aliphatic heterocycles. The maximum Gasteiger partial charge on any atom is 0.374 e. The zero-order chi connectivity index (χ0) is 13.6. The molecule has 0 aliphatic rings. The number of carboxylic acids is 1. The van der Waals surface area contributed by atoms with Gasteiger partial charge in [-0.1, -0.05) is 5.16 Å². The second-order valence-electron chi connectivity index (χ2n) is 4.38. The van der Waals surface area contributed by atoms with E-state index in [-0.39, 0.29) is 5.76 Å². The summed E-state index contributed by atoms with van der Waals surface area (Å²) in [5, 5.41) is 13.6.